The third-order valence-electron chi connectivity index (χ3n) is 4.32. The minimum Gasteiger partial charge on any atom is -0.312 e. The molecule has 3 nitrogen and oxygen atoms in total. The maximum absolute atomic E-state index is 12.9. The van der Waals surface area contributed by atoms with E-state index in [1.165, 1.54) is 0 Å². The summed E-state index contributed by atoms with van der Waals surface area (Å²) < 4.78 is 1.82. The second-order valence-corrected chi connectivity index (χ2v) is 5.87. The number of nitriles is 1. The van der Waals surface area contributed by atoms with Crippen molar-refractivity contribution < 1.29 is 4.79 Å². The number of carbonyl (C=O) groups excluding carboxylic acids is 1. The minimum atomic E-state index is -0.0817. The van der Waals surface area contributed by atoms with E-state index in [-0.39, 0.29) is 5.78 Å². The van der Waals surface area contributed by atoms with Crippen LogP contribution in [0.5, 0.6) is 0 Å². The van der Waals surface area contributed by atoms with Gasteiger partial charge in [-0.15, -0.1) is 0 Å². The smallest absolute Gasteiger partial charge is 0.209 e. The van der Waals surface area contributed by atoms with Crippen LogP contribution in [0.25, 0.3) is 16.3 Å². The monoisotopic (exact) mass is 310 g/mol. The largest absolute Gasteiger partial charge is 0.312 e. The van der Waals surface area contributed by atoms with Crippen LogP contribution in [0.4, 0.5) is 0 Å². The minimum absolute atomic E-state index is 0.0817. The van der Waals surface area contributed by atoms with Crippen molar-refractivity contribution in [3.05, 3.63) is 89.2 Å². The molecule has 0 aliphatic carbocycles. The van der Waals surface area contributed by atoms with Crippen molar-refractivity contribution in [3.8, 4) is 6.07 Å². The number of hydrogen-bond donors (Lipinski definition) is 0. The SMILES string of the molecule is Cc1ccc(C(=O)c2cc(C#N)c3c4ccccc4ccn23)cc1. The van der Waals surface area contributed by atoms with Crippen LogP contribution in [0, 0.1) is 18.3 Å². The van der Waals surface area contributed by atoms with Gasteiger partial charge in [-0.2, -0.15) is 5.26 Å². The quantitative estimate of drug-likeness (QED) is 0.512. The standard InChI is InChI=1S/C21H14N2O/c1-14-6-8-16(9-7-14)21(24)19-12-17(13-22)20-18-5-3-2-4-15(18)10-11-23(19)20/h2-12H,1H3. The van der Waals surface area contributed by atoms with Crippen LogP contribution in [0.2, 0.25) is 0 Å². The Kier molecular flexibility index (Phi) is 3.18. The summed E-state index contributed by atoms with van der Waals surface area (Å²) in [6, 6.07) is 21.3. The molecule has 4 rings (SSSR count). The number of ketones is 1. The van der Waals surface area contributed by atoms with Crippen molar-refractivity contribution in [1.82, 2.24) is 4.40 Å². The van der Waals surface area contributed by atoms with Crippen LogP contribution in [-0.2, 0) is 0 Å². The summed E-state index contributed by atoms with van der Waals surface area (Å²) in [7, 11) is 0. The van der Waals surface area contributed by atoms with E-state index in [0.29, 0.717) is 16.8 Å². The van der Waals surface area contributed by atoms with Gasteiger partial charge in [0.2, 0.25) is 5.78 Å². The molecular formula is C21H14N2O. The zero-order valence-electron chi connectivity index (χ0n) is 13.2. The molecule has 0 aliphatic rings. The van der Waals surface area contributed by atoms with Crippen molar-refractivity contribution >= 4 is 22.1 Å². The molecule has 0 saturated carbocycles. The molecule has 0 saturated heterocycles. The van der Waals surface area contributed by atoms with Crippen LogP contribution >= 0.6 is 0 Å². The molecule has 0 radical (unpaired) electrons. The van der Waals surface area contributed by atoms with Crippen molar-refractivity contribution in [2.24, 2.45) is 0 Å². The number of carbonyl (C=O) groups is 1. The average Bonchev–Trinajstić information content (AvgIpc) is 3.01. The number of aryl methyl sites for hydroxylation is 1. The first-order valence-corrected chi connectivity index (χ1v) is 7.73. The molecule has 114 valence electrons. The maximum atomic E-state index is 12.9. The molecule has 0 N–H and O–H groups in total. The maximum Gasteiger partial charge on any atom is 0.209 e. The lowest BCUT2D eigenvalue weighted by Gasteiger charge is -2.06. The Balaban J connectivity index is 2.00. The van der Waals surface area contributed by atoms with Crippen LogP contribution < -0.4 is 0 Å². The van der Waals surface area contributed by atoms with E-state index in [4.69, 9.17) is 0 Å². The van der Waals surface area contributed by atoms with Crippen molar-refractivity contribution in [2.75, 3.05) is 0 Å². The molecule has 0 atom stereocenters. The van der Waals surface area contributed by atoms with Crippen molar-refractivity contribution in [1.29, 1.82) is 5.26 Å². The lowest BCUT2D eigenvalue weighted by molar-refractivity contribution is 0.103. The van der Waals surface area contributed by atoms with E-state index >= 15 is 0 Å². The van der Waals surface area contributed by atoms with Gasteiger partial charge in [0.1, 0.15) is 6.07 Å². The highest BCUT2D eigenvalue weighted by Gasteiger charge is 2.18. The Morgan fingerprint density at radius 2 is 1.79 bits per heavy atom. The Morgan fingerprint density at radius 1 is 1.04 bits per heavy atom. The normalized spacial score (nSPS) is 10.8. The molecule has 0 spiro atoms. The second kappa shape index (κ2) is 5.36. The van der Waals surface area contributed by atoms with E-state index in [9.17, 15) is 10.1 Å². The number of fused-ring (bicyclic) bond motifs is 3. The van der Waals surface area contributed by atoms with Gasteiger partial charge in [-0.25, -0.2) is 0 Å². The van der Waals surface area contributed by atoms with Crippen LogP contribution in [0.3, 0.4) is 0 Å². The molecule has 0 amide bonds. The second-order valence-electron chi connectivity index (χ2n) is 5.87. The lowest BCUT2D eigenvalue weighted by atomic mass is 10.1. The van der Waals surface area contributed by atoms with E-state index in [1.54, 1.807) is 6.07 Å². The van der Waals surface area contributed by atoms with Gasteiger partial charge in [-0.05, 0) is 24.4 Å². The lowest BCUT2D eigenvalue weighted by Crippen LogP contribution is -2.05. The molecule has 2 aromatic heterocycles. The molecule has 0 aliphatic heterocycles. The summed E-state index contributed by atoms with van der Waals surface area (Å²) in [4.78, 5) is 12.9. The van der Waals surface area contributed by atoms with E-state index in [0.717, 1.165) is 21.9 Å². The van der Waals surface area contributed by atoms with Crippen LogP contribution in [-0.4, -0.2) is 10.2 Å². The number of benzene rings is 2. The first kappa shape index (κ1) is 14.2. The summed E-state index contributed by atoms with van der Waals surface area (Å²) in [6.45, 7) is 1.99. The highest BCUT2D eigenvalue weighted by molar-refractivity contribution is 6.11. The van der Waals surface area contributed by atoms with Gasteiger partial charge in [-0.1, -0.05) is 54.1 Å². The third kappa shape index (κ3) is 2.09. The number of pyridine rings is 1. The van der Waals surface area contributed by atoms with Crippen molar-refractivity contribution in [2.45, 2.75) is 6.92 Å². The molecule has 24 heavy (non-hydrogen) atoms. The van der Waals surface area contributed by atoms with Gasteiger partial charge < -0.3 is 4.40 Å². The molecule has 0 bridgehead atoms. The fourth-order valence-corrected chi connectivity index (χ4v) is 3.08. The summed E-state index contributed by atoms with van der Waals surface area (Å²) in [5.41, 5.74) is 3.54. The molecule has 0 unspecified atom stereocenters. The summed E-state index contributed by atoms with van der Waals surface area (Å²) in [5, 5.41) is 11.5. The average molecular weight is 310 g/mol. The Labute approximate surface area is 139 Å². The van der Waals surface area contributed by atoms with Crippen LogP contribution in [0.1, 0.15) is 27.2 Å². The summed E-state index contributed by atoms with van der Waals surface area (Å²) in [5.74, 6) is -0.0817. The molecular weight excluding hydrogens is 296 g/mol. The fraction of sp³-hybridized carbons (Fsp3) is 0.0476. The summed E-state index contributed by atoms with van der Waals surface area (Å²) in [6.07, 6.45) is 1.86. The number of nitrogens with zero attached hydrogens (tertiary/aromatic N) is 2. The first-order valence-electron chi connectivity index (χ1n) is 7.73. The molecule has 3 heteroatoms. The Morgan fingerprint density at radius 3 is 2.54 bits per heavy atom. The van der Waals surface area contributed by atoms with Gasteiger partial charge in [0.05, 0.1) is 16.8 Å². The Hall–Kier alpha value is -3.38. The Bertz CT molecular complexity index is 1130. The molecule has 0 fully saturated rings. The van der Waals surface area contributed by atoms with Gasteiger partial charge in [0.25, 0.3) is 0 Å². The number of hydrogen-bond acceptors (Lipinski definition) is 2. The molecule has 2 aromatic carbocycles. The molecule has 4 aromatic rings. The van der Waals surface area contributed by atoms with Gasteiger partial charge in [0, 0.05) is 17.1 Å². The first-order chi connectivity index (χ1) is 11.7. The van der Waals surface area contributed by atoms with Gasteiger partial charge in [-0.3, -0.25) is 4.79 Å². The highest BCUT2D eigenvalue weighted by Crippen LogP contribution is 2.27. The van der Waals surface area contributed by atoms with E-state index in [2.05, 4.69) is 6.07 Å². The van der Waals surface area contributed by atoms with Crippen LogP contribution in [0.15, 0.2) is 66.9 Å². The van der Waals surface area contributed by atoms with Gasteiger partial charge >= 0.3 is 0 Å². The van der Waals surface area contributed by atoms with E-state index in [1.807, 2.05) is 72.1 Å². The predicted octanol–water partition coefficient (Wildman–Crippen LogP) is 4.50. The fourth-order valence-electron chi connectivity index (χ4n) is 3.08. The predicted molar refractivity (Wildman–Crippen MR) is 94.2 cm³/mol. The topological polar surface area (TPSA) is 45.3 Å². The highest BCUT2D eigenvalue weighted by atomic mass is 16.1. The summed E-state index contributed by atoms with van der Waals surface area (Å²) >= 11 is 0. The number of aromatic nitrogens is 1. The third-order valence-corrected chi connectivity index (χ3v) is 4.32. The molecule has 2 heterocycles. The zero-order valence-corrected chi connectivity index (χ0v) is 13.2. The number of rotatable bonds is 2. The van der Waals surface area contributed by atoms with Gasteiger partial charge in [0.15, 0.2) is 0 Å². The van der Waals surface area contributed by atoms with Crippen molar-refractivity contribution in [3.63, 3.8) is 0 Å². The zero-order chi connectivity index (χ0) is 16.7. The van der Waals surface area contributed by atoms with E-state index < -0.39 is 0 Å².